The summed E-state index contributed by atoms with van der Waals surface area (Å²) < 4.78 is 11.3. The molecular weight excluding hydrogens is 288 g/mol. The highest BCUT2D eigenvalue weighted by Crippen LogP contribution is 2.43. The third-order valence-electron chi connectivity index (χ3n) is 4.44. The Kier molecular flexibility index (Phi) is 4.63. The summed E-state index contributed by atoms with van der Waals surface area (Å²) in [6.07, 6.45) is 4.69. The molecule has 3 rings (SSSR count). The zero-order valence-corrected chi connectivity index (χ0v) is 13.1. The van der Waals surface area contributed by atoms with E-state index in [1.807, 2.05) is 17.8 Å². The molecule has 1 aromatic rings. The summed E-state index contributed by atoms with van der Waals surface area (Å²) in [6.45, 7) is 0.797. The molecule has 1 aromatic heterocycles. The maximum atomic E-state index is 6.09. The van der Waals surface area contributed by atoms with Crippen LogP contribution < -0.4 is 16.0 Å². The zero-order valence-electron chi connectivity index (χ0n) is 12.2. The number of hydrogen-bond acceptors (Lipinski definition) is 7. The summed E-state index contributed by atoms with van der Waals surface area (Å²) >= 11 is 1.98. The number of nitrogens with one attached hydrogen (secondary N) is 1. The summed E-state index contributed by atoms with van der Waals surface area (Å²) in [6, 6.07) is 1.86. The molecule has 0 bridgehead atoms. The molecule has 3 atom stereocenters. The van der Waals surface area contributed by atoms with E-state index < -0.39 is 0 Å². The van der Waals surface area contributed by atoms with E-state index in [1.54, 1.807) is 7.11 Å². The molecule has 0 amide bonds. The van der Waals surface area contributed by atoms with Crippen molar-refractivity contribution in [2.45, 2.75) is 30.9 Å². The Hall–Kier alpha value is -0.890. The third-order valence-corrected chi connectivity index (χ3v) is 5.66. The van der Waals surface area contributed by atoms with E-state index in [2.05, 4.69) is 15.4 Å². The molecule has 7 heteroatoms. The first-order chi connectivity index (χ1) is 10.3. The highest BCUT2D eigenvalue weighted by Gasteiger charge is 2.42. The van der Waals surface area contributed by atoms with Crippen LogP contribution in [0.15, 0.2) is 12.4 Å². The van der Waals surface area contributed by atoms with E-state index in [1.165, 1.54) is 12.1 Å². The van der Waals surface area contributed by atoms with Crippen molar-refractivity contribution in [3.63, 3.8) is 0 Å². The first kappa shape index (κ1) is 15.0. The molecule has 2 fully saturated rings. The number of hydrazine groups is 1. The number of ether oxygens (including phenoxy) is 2. The lowest BCUT2D eigenvalue weighted by Gasteiger charge is -2.40. The van der Waals surface area contributed by atoms with Gasteiger partial charge in [0.15, 0.2) is 0 Å². The van der Waals surface area contributed by atoms with Crippen LogP contribution in [-0.4, -0.2) is 40.8 Å². The molecule has 116 valence electrons. The maximum absolute atomic E-state index is 6.09. The molecule has 1 spiro atoms. The third kappa shape index (κ3) is 3.15. The molecule has 2 saturated heterocycles. The van der Waals surface area contributed by atoms with Gasteiger partial charge in [0.1, 0.15) is 6.33 Å². The number of rotatable bonds is 4. The van der Waals surface area contributed by atoms with Crippen LogP contribution in [0.4, 0.5) is 0 Å². The predicted molar refractivity (Wildman–Crippen MR) is 82.0 cm³/mol. The Morgan fingerprint density at radius 3 is 3.19 bits per heavy atom. The van der Waals surface area contributed by atoms with Crippen LogP contribution in [0.1, 0.15) is 31.0 Å². The lowest BCUT2D eigenvalue weighted by molar-refractivity contribution is -0.0856. The zero-order chi connectivity index (χ0) is 14.7. The van der Waals surface area contributed by atoms with Crippen molar-refractivity contribution in [2.24, 2.45) is 11.8 Å². The molecule has 0 aromatic carbocycles. The fourth-order valence-corrected chi connectivity index (χ4v) is 4.69. The topological polar surface area (TPSA) is 82.3 Å². The number of hydrogen-bond donors (Lipinski definition) is 2. The van der Waals surface area contributed by atoms with Crippen LogP contribution in [-0.2, 0) is 4.74 Å². The molecule has 0 aliphatic carbocycles. The minimum Gasteiger partial charge on any atom is -0.481 e. The number of methoxy groups -OCH3 is 1. The molecule has 0 radical (unpaired) electrons. The van der Waals surface area contributed by atoms with Gasteiger partial charge in [-0.1, -0.05) is 0 Å². The van der Waals surface area contributed by atoms with Gasteiger partial charge in [-0.15, -0.1) is 0 Å². The minimum atomic E-state index is 0.00766. The number of nitrogens with zero attached hydrogens (tertiary/aromatic N) is 2. The van der Waals surface area contributed by atoms with Crippen molar-refractivity contribution >= 4 is 11.8 Å². The van der Waals surface area contributed by atoms with Crippen LogP contribution in [0.3, 0.4) is 0 Å². The van der Waals surface area contributed by atoms with Crippen molar-refractivity contribution in [3.05, 3.63) is 18.1 Å². The first-order valence-corrected chi connectivity index (χ1v) is 8.45. The van der Waals surface area contributed by atoms with Crippen LogP contribution in [0.2, 0.25) is 0 Å². The summed E-state index contributed by atoms with van der Waals surface area (Å²) in [5, 5.41) is 0. The van der Waals surface area contributed by atoms with Gasteiger partial charge < -0.3 is 9.47 Å². The van der Waals surface area contributed by atoms with E-state index in [0.29, 0.717) is 11.8 Å². The Morgan fingerprint density at radius 2 is 2.48 bits per heavy atom. The fraction of sp³-hybridized carbons (Fsp3) is 0.714. The second-order valence-corrected chi connectivity index (χ2v) is 6.82. The lowest BCUT2D eigenvalue weighted by Crippen LogP contribution is -2.45. The monoisotopic (exact) mass is 310 g/mol. The van der Waals surface area contributed by atoms with E-state index in [9.17, 15) is 0 Å². The molecule has 0 saturated carbocycles. The smallest absolute Gasteiger partial charge is 0.216 e. The molecule has 6 nitrogen and oxygen atoms in total. The van der Waals surface area contributed by atoms with Crippen LogP contribution in [0, 0.1) is 5.92 Å². The van der Waals surface area contributed by atoms with Gasteiger partial charge in [-0.25, -0.2) is 9.97 Å². The number of nitrogens with two attached hydrogens (primary N) is 1. The Morgan fingerprint density at radius 1 is 1.57 bits per heavy atom. The highest BCUT2D eigenvalue weighted by molar-refractivity contribution is 7.99. The quantitative estimate of drug-likeness (QED) is 0.640. The molecule has 21 heavy (non-hydrogen) atoms. The first-order valence-electron chi connectivity index (χ1n) is 7.30. The Balaban J connectivity index is 1.78. The second-order valence-electron chi connectivity index (χ2n) is 5.72. The molecule has 3 N–H and O–H groups in total. The van der Waals surface area contributed by atoms with Gasteiger partial charge >= 0.3 is 0 Å². The standard InChI is InChI=1S/C14H22N4O2S/c1-19-12-6-11(16-9-17-12)13(18-15)10-2-4-20-14(7-10)3-5-21-8-14/h6,9-10,13,18H,2-5,7-8,15H2,1H3. The van der Waals surface area contributed by atoms with Crippen molar-refractivity contribution in [1.29, 1.82) is 0 Å². The second kappa shape index (κ2) is 6.48. The van der Waals surface area contributed by atoms with Crippen LogP contribution in [0.5, 0.6) is 5.88 Å². The van der Waals surface area contributed by atoms with Gasteiger partial charge in [0.05, 0.1) is 24.4 Å². The molecule has 2 aliphatic rings. The van der Waals surface area contributed by atoms with Gasteiger partial charge in [0, 0.05) is 18.4 Å². The minimum absolute atomic E-state index is 0.00766. The van der Waals surface area contributed by atoms with Crippen LogP contribution >= 0.6 is 11.8 Å². The Bertz CT molecular complexity index is 482. The van der Waals surface area contributed by atoms with Gasteiger partial charge in [-0.2, -0.15) is 11.8 Å². The largest absolute Gasteiger partial charge is 0.481 e. The van der Waals surface area contributed by atoms with E-state index in [4.69, 9.17) is 15.3 Å². The van der Waals surface area contributed by atoms with E-state index in [-0.39, 0.29) is 11.6 Å². The lowest BCUT2D eigenvalue weighted by atomic mass is 9.80. The number of aromatic nitrogens is 2. The SMILES string of the molecule is COc1cc(C(NN)C2CCOC3(CCSC3)C2)ncn1. The van der Waals surface area contributed by atoms with Gasteiger partial charge in [0.2, 0.25) is 5.88 Å². The molecular formula is C14H22N4O2S. The van der Waals surface area contributed by atoms with E-state index in [0.717, 1.165) is 37.3 Å². The molecule has 3 heterocycles. The maximum Gasteiger partial charge on any atom is 0.216 e. The average molecular weight is 310 g/mol. The van der Waals surface area contributed by atoms with E-state index >= 15 is 0 Å². The fourth-order valence-electron chi connectivity index (χ4n) is 3.31. The summed E-state index contributed by atoms with van der Waals surface area (Å²) in [4.78, 5) is 8.43. The van der Waals surface area contributed by atoms with Crippen molar-refractivity contribution < 1.29 is 9.47 Å². The highest BCUT2D eigenvalue weighted by atomic mass is 32.2. The van der Waals surface area contributed by atoms with Crippen molar-refractivity contribution in [1.82, 2.24) is 15.4 Å². The predicted octanol–water partition coefficient (Wildman–Crippen LogP) is 1.29. The summed E-state index contributed by atoms with van der Waals surface area (Å²) in [7, 11) is 1.61. The Labute approximate surface area is 129 Å². The normalized spacial score (nSPS) is 30.5. The summed E-state index contributed by atoms with van der Waals surface area (Å²) in [5.74, 6) is 9.08. The molecule has 3 unspecified atom stereocenters. The number of thioether (sulfide) groups is 1. The van der Waals surface area contributed by atoms with Gasteiger partial charge in [-0.3, -0.25) is 11.3 Å². The van der Waals surface area contributed by atoms with Crippen molar-refractivity contribution in [2.75, 3.05) is 25.2 Å². The van der Waals surface area contributed by atoms with Gasteiger partial charge in [0.25, 0.3) is 0 Å². The molecule has 2 aliphatic heterocycles. The van der Waals surface area contributed by atoms with Crippen LogP contribution in [0.25, 0.3) is 0 Å². The van der Waals surface area contributed by atoms with Gasteiger partial charge in [-0.05, 0) is 30.9 Å². The average Bonchev–Trinajstić information content (AvgIpc) is 2.96. The van der Waals surface area contributed by atoms with Crippen molar-refractivity contribution in [3.8, 4) is 5.88 Å². The summed E-state index contributed by atoms with van der Waals surface area (Å²) in [5.41, 5.74) is 3.87.